The van der Waals surface area contributed by atoms with Gasteiger partial charge < -0.3 is 14.1 Å². The Morgan fingerprint density at radius 1 is 1.26 bits per heavy atom. The Morgan fingerprint density at radius 3 is 2.85 bits per heavy atom. The molecular weight excluding hydrogens is 360 g/mol. The quantitative estimate of drug-likeness (QED) is 0.488. The maximum Gasteiger partial charge on any atom is 0.290 e. The number of hydrogen-bond donors (Lipinski definition) is 0. The maximum absolute atomic E-state index is 12.9. The molecule has 0 unspecified atom stereocenters. The van der Waals surface area contributed by atoms with Crippen LogP contribution in [0.15, 0.2) is 46.9 Å². The van der Waals surface area contributed by atoms with E-state index in [0.29, 0.717) is 24.5 Å². The van der Waals surface area contributed by atoms with E-state index in [1.54, 1.807) is 23.3 Å². The van der Waals surface area contributed by atoms with Gasteiger partial charge in [0.2, 0.25) is 0 Å². The van der Waals surface area contributed by atoms with E-state index in [1.165, 1.54) is 0 Å². The summed E-state index contributed by atoms with van der Waals surface area (Å²) in [5.41, 5.74) is 2.47. The van der Waals surface area contributed by atoms with Crippen LogP contribution in [0.5, 0.6) is 5.75 Å². The van der Waals surface area contributed by atoms with Crippen molar-refractivity contribution >= 4 is 38.4 Å². The van der Waals surface area contributed by atoms with Crippen molar-refractivity contribution in [2.24, 2.45) is 0 Å². The molecule has 0 aliphatic rings. The van der Waals surface area contributed by atoms with E-state index in [0.717, 1.165) is 31.9 Å². The molecule has 0 N–H and O–H groups in total. The lowest BCUT2D eigenvalue weighted by Gasteiger charge is -2.14. The van der Waals surface area contributed by atoms with Gasteiger partial charge >= 0.3 is 0 Å². The minimum Gasteiger partial charge on any atom is -0.494 e. The first-order valence-corrected chi connectivity index (χ1v) is 9.64. The fraction of sp³-hybridized carbons (Fsp3) is 0.238. The van der Waals surface area contributed by atoms with Crippen LogP contribution >= 0.6 is 11.3 Å². The van der Waals surface area contributed by atoms with Gasteiger partial charge in [0.05, 0.1) is 23.4 Å². The second-order valence-electron chi connectivity index (χ2n) is 6.38. The summed E-state index contributed by atoms with van der Waals surface area (Å²) in [5, 5.41) is 1.80. The summed E-state index contributed by atoms with van der Waals surface area (Å²) in [6.45, 7) is 4.89. The Morgan fingerprint density at radius 2 is 2.07 bits per heavy atom. The highest BCUT2D eigenvalue weighted by Crippen LogP contribution is 2.30. The first-order valence-electron chi connectivity index (χ1n) is 8.82. The minimum atomic E-state index is -0.152. The van der Waals surface area contributed by atoms with Crippen molar-refractivity contribution in [1.29, 1.82) is 0 Å². The Bertz CT molecular complexity index is 1100. The number of furan rings is 1. The summed E-state index contributed by atoms with van der Waals surface area (Å²) in [6.07, 6.45) is 0. The van der Waals surface area contributed by atoms with Crippen molar-refractivity contribution in [3.05, 3.63) is 58.8 Å². The Balaban J connectivity index is 1.60. The lowest BCUT2D eigenvalue weighted by molar-refractivity contribution is 0.0755. The molecule has 6 heteroatoms. The van der Waals surface area contributed by atoms with E-state index < -0.39 is 0 Å². The molecular formula is C21H20N2O3S. The van der Waals surface area contributed by atoms with Crippen LogP contribution in [0, 0.1) is 6.92 Å². The Kier molecular flexibility index (Phi) is 4.58. The molecule has 2 aromatic heterocycles. The van der Waals surface area contributed by atoms with Crippen LogP contribution in [0.2, 0.25) is 0 Å². The summed E-state index contributed by atoms with van der Waals surface area (Å²) in [7, 11) is 1.77. The summed E-state index contributed by atoms with van der Waals surface area (Å²) < 4.78 is 12.5. The van der Waals surface area contributed by atoms with Crippen molar-refractivity contribution in [3.8, 4) is 5.75 Å². The van der Waals surface area contributed by atoms with Gasteiger partial charge in [0.15, 0.2) is 5.76 Å². The molecule has 0 aliphatic carbocycles. The first kappa shape index (κ1) is 17.5. The average molecular weight is 380 g/mol. The lowest BCUT2D eigenvalue weighted by atomic mass is 10.1. The highest BCUT2D eigenvalue weighted by Gasteiger charge is 2.22. The molecule has 4 rings (SSSR count). The molecule has 0 saturated carbocycles. The van der Waals surface area contributed by atoms with Gasteiger partial charge in [-0.1, -0.05) is 12.1 Å². The summed E-state index contributed by atoms with van der Waals surface area (Å²) >= 11 is 1.60. The number of carbonyl (C=O) groups excluding carboxylic acids is 1. The number of nitrogens with zero attached hydrogens (tertiary/aromatic N) is 2. The van der Waals surface area contributed by atoms with E-state index in [9.17, 15) is 4.79 Å². The van der Waals surface area contributed by atoms with Crippen LogP contribution in [-0.4, -0.2) is 29.4 Å². The number of carbonyl (C=O) groups is 1. The molecule has 4 aromatic rings. The molecule has 1 amide bonds. The number of rotatable bonds is 5. The van der Waals surface area contributed by atoms with Crippen molar-refractivity contribution in [2.45, 2.75) is 20.4 Å². The van der Waals surface area contributed by atoms with E-state index in [2.05, 4.69) is 4.98 Å². The third kappa shape index (κ3) is 3.28. The lowest BCUT2D eigenvalue weighted by Crippen LogP contribution is -2.26. The second kappa shape index (κ2) is 7.04. The zero-order valence-electron chi connectivity index (χ0n) is 15.5. The van der Waals surface area contributed by atoms with E-state index >= 15 is 0 Å². The third-order valence-corrected chi connectivity index (χ3v) is 5.49. The van der Waals surface area contributed by atoms with Crippen LogP contribution in [0.3, 0.4) is 0 Å². The van der Waals surface area contributed by atoms with Gasteiger partial charge in [0, 0.05) is 18.0 Å². The molecule has 27 heavy (non-hydrogen) atoms. The van der Waals surface area contributed by atoms with Crippen LogP contribution < -0.4 is 4.74 Å². The van der Waals surface area contributed by atoms with Gasteiger partial charge in [0.25, 0.3) is 5.91 Å². The SMILES string of the molecule is CCOc1ccc2oc(C(=O)N(C)Cc3nc4ccccc4s3)c(C)c2c1. The van der Waals surface area contributed by atoms with E-state index in [1.807, 2.05) is 56.3 Å². The second-order valence-corrected chi connectivity index (χ2v) is 7.50. The average Bonchev–Trinajstić information content (AvgIpc) is 3.22. The summed E-state index contributed by atoms with van der Waals surface area (Å²) in [6, 6.07) is 13.6. The number of benzene rings is 2. The molecule has 5 nitrogen and oxygen atoms in total. The topological polar surface area (TPSA) is 55.6 Å². The van der Waals surface area contributed by atoms with Crippen LogP contribution in [0.1, 0.15) is 28.0 Å². The molecule has 0 atom stereocenters. The fourth-order valence-corrected chi connectivity index (χ4v) is 4.12. The van der Waals surface area contributed by atoms with Gasteiger partial charge in [-0.05, 0) is 44.2 Å². The van der Waals surface area contributed by atoms with Crippen LogP contribution in [0.4, 0.5) is 0 Å². The highest BCUT2D eigenvalue weighted by atomic mass is 32.1. The van der Waals surface area contributed by atoms with Gasteiger partial charge in [-0.15, -0.1) is 11.3 Å². The van der Waals surface area contributed by atoms with Crippen molar-refractivity contribution in [2.75, 3.05) is 13.7 Å². The van der Waals surface area contributed by atoms with Crippen LogP contribution in [0.25, 0.3) is 21.2 Å². The maximum atomic E-state index is 12.9. The highest BCUT2D eigenvalue weighted by molar-refractivity contribution is 7.18. The molecule has 0 spiro atoms. The molecule has 2 aromatic carbocycles. The van der Waals surface area contributed by atoms with Gasteiger partial charge in [-0.2, -0.15) is 0 Å². The number of aryl methyl sites for hydroxylation is 1. The number of para-hydroxylation sites is 1. The standard InChI is InChI=1S/C21H20N2O3S/c1-4-25-14-9-10-17-15(11-14)13(2)20(26-17)21(24)23(3)12-19-22-16-7-5-6-8-18(16)27-19/h5-11H,4,12H2,1-3H3. The van der Waals surface area contributed by atoms with Gasteiger partial charge in [-0.3, -0.25) is 4.79 Å². The van der Waals surface area contributed by atoms with Gasteiger partial charge in [-0.25, -0.2) is 4.98 Å². The third-order valence-electron chi connectivity index (χ3n) is 4.47. The van der Waals surface area contributed by atoms with Crippen LogP contribution in [-0.2, 0) is 6.54 Å². The molecule has 0 fully saturated rings. The summed E-state index contributed by atoms with van der Waals surface area (Å²) in [5.74, 6) is 0.985. The molecule has 0 radical (unpaired) electrons. The van der Waals surface area contributed by atoms with Crippen molar-refractivity contribution < 1.29 is 13.9 Å². The Labute approximate surface area is 161 Å². The normalized spacial score (nSPS) is 11.2. The van der Waals surface area contributed by atoms with Gasteiger partial charge in [0.1, 0.15) is 16.3 Å². The number of ether oxygens (including phenoxy) is 1. The molecule has 2 heterocycles. The number of amides is 1. The van der Waals surface area contributed by atoms with Crippen molar-refractivity contribution in [1.82, 2.24) is 9.88 Å². The predicted molar refractivity (Wildman–Crippen MR) is 108 cm³/mol. The number of aromatic nitrogens is 1. The monoisotopic (exact) mass is 380 g/mol. The predicted octanol–water partition coefficient (Wildman–Crippen LogP) is 5.02. The fourth-order valence-electron chi connectivity index (χ4n) is 3.10. The summed E-state index contributed by atoms with van der Waals surface area (Å²) in [4.78, 5) is 19.2. The number of thiazole rings is 1. The number of hydrogen-bond acceptors (Lipinski definition) is 5. The zero-order valence-corrected chi connectivity index (χ0v) is 16.3. The smallest absolute Gasteiger partial charge is 0.290 e. The minimum absolute atomic E-state index is 0.152. The number of fused-ring (bicyclic) bond motifs is 2. The molecule has 0 bridgehead atoms. The molecule has 0 saturated heterocycles. The Hall–Kier alpha value is -2.86. The molecule has 0 aliphatic heterocycles. The first-order chi connectivity index (χ1) is 13.1. The molecule has 138 valence electrons. The van der Waals surface area contributed by atoms with E-state index in [4.69, 9.17) is 9.15 Å². The van der Waals surface area contributed by atoms with E-state index in [-0.39, 0.29) is 5.91 Å². The van der Waals surface area contributed by atoms with Crippen molar-refractivity contribution in [3.63, 3.8) is 0 Å². The zero-order chi connectivity index (χ0) is 19.0. The largest absolute Gasteiger partial charge is 0.494 e.